The molecule has 7 nitrogen and oxygen atoms in total. The molecule has 0 aliphatic carbocycles. The van der Waals surface area contributed by atoms with Gasteiger partial charge in [0.25, 0.3) is 0 Å². The van der Waals surface area contributed by atoms with Gasteiger partial charge in [-0.1, -0.05) is 19.1 Å². The third-order valence-corrected chi connectivity index (χ3v) is 4.06. The molecule has 0 amide bonds. The normalized spacial score (nSPS) is 10.3. The largest absolute Gasteiger partial charge is 0.497 e. The lowest BCUT2D eigenvalue weighted by Gasteiger charge is -2.14. The van der Waals surface area contributed by atoms with Crippen LogP contribution >= 0.6 is 0 Å². The van der Waals surface area contributed by atoms with Crippen LogP contribution in [0.25, 0.3) is 0 Å². The molecule has 1 heterocycles. The summed E-state index contributed by atoms with van der Waals surface area (Å²) in [5.74, 6) is 2.65. The number of anilines is 3. The number of rotatable bonds is 7. The smallest absolute Gasteiger partial charge is 0.248 e. The summed E-state index contributed by atoms with van der Waals surface area (Å²) in [5.41, 5.74) is 8.43. The first-order valence-corrected chi connectivity index (χ1v) is 8.51. The Balaban J connectivity index is 1.84. The van der Waals surface area contributed by atoms with Gasteiger partial charge in [-0.3, -0.25) is 0 Å². The van der Waals surface area contributed by atoms with Crippen molar-refractivity contribution in [2.75, 3.05) is 25.3 Å². The van der Waals surface area contributed by atoms with Crippen LogP contribution in [-0.2, 0) is 6.42 Å². The fourth-order valence-electron chi connectivity index (χ4n) is 2.49. The Kier molecular flexibility index (Phi) is 5.61. The number of nitrogens with zero attached hydrogens (tertiary/aromatic N) is 2. The van der Waals surface area contributed by atoms with Crippen molar-refractivity contribution in [3.05, 3.63) is 54.4 Å². The van der Waals surface area contributed by atoms with Crippen molar-refractivity contribution in [1.82, 2.24) is 9.97 Å². The van der Waals surface area contributed by atoms with Gasteiger partial charge in [-0.05, 0) is 36.2 Å². The van der Waals surface area contributed by atoms with E-state index in [0.717, 1.165) is 6.42 Å². The van der Waals surface area contributed by atoms with Crippen LogP contribution in [0.3, 0.4) is 0 Å². The summed E-state index contributed by atoms with van der Waals surface area (Å²) < 4.78 is 16.4. The molecule has 0 radical (unpaired) electrons. The van der Waals surface area contributed by atoms with Crippen LogP contribution in [0.5, 0.6) is 23.1 Å². The number of hydrogen-bond acceptors (Lipinski definition) is 7. The number of nitrogen functional groups attached to an aromatic ring is 1. The quantitative estimate of drug-likeness (QED) is 0.648. The maximum Gasteiger partial charge on any atom is 0.248 e. The first-order valence-electron chi connectivity index (χ1n) is 8.51. The van der Waals surface area contributed by atoms with E-state index in [2.05, 4.69) is 22.2 Å². The Hall–Kier alpha value is -3.48. The van der Waals surface area contributed by atoms with Crippen LogP contribution in [0.1, 0.15) is 12.5 Å². The lowest BCUT2D eigenvalue weighted by atomic mass is 10.2. The lowest BCUT2D eigenvalue weighted by molar-refractivity contribution is 0.395. The number of nitrogens with two attached hydrogens (primary N) is 1. The monoisotopic (exact) mass is 366 g/mol. The Morgan fingerprint density at radius 2 is 1.70 bits per heavy atom. The topological polar surface area (TPSA) is 91.5 Å². The van der Waals surface area contributed by atoms with Crippen molar-refractivity contribution in [2.45, 2.75) is 13.3 Å². The SMILES string of the molecule is CCc1ccc(Oc2ncnc(Nc3ccc(OC)cc3OC)c2N)cc1. The Morgan fingerprint density at radius 1 is 0.963 bits per heavy atom. The van der Waals surface area contributed by atoms with Crippen molar-refractivity contribution in [1.29, 1.82) is 0 Å². The van der Waals surface area contributed by atoms with Gasteiger partial charge in [0.05, 0.1) is 19.9 Å². The highest BCUT2D eigenvalue weighted by Gasteiger charge is 2.13. The van der Waals surface area contributed by atoms with Crippen LogP contribution in [0, 0.1) is 0 Å². The van der Waals surface area contributed by atoms with Gasteiger partial charge in [0.15, 0.2) is 5.82 Å². The van der Waals surface area contributed by atoms with Crippen LogP contribution in [0.4, 0.5) is 17.2 Å². The molecule has 0 atom stereocenters. The molecule has 0 aliphatic heterocycles. The second kappa shape index (κ2) is 8.27. The van der Waals surface area contributed by atoms with Gasteiger partial charge in [0, 0.05) is 6.07 Å². The summed E-state index contributed by atoms with van der Waals surface area (Å²) in [5, 5.41) is 3.15. The van der Waals surface area contributed by atoms with Crippen LogP contribution in [0.15, 0.2) is 48.8 Å². The fraction of sp³-hybridized carbons (Fsp3) is 0.200. The molecule has 0 saturated heterocycles. The molecule has 0 saturated carbocycles. The molecule has 0 bridgehead atoms. The standard InChI is InChI=1S/C20H22N4O3/c1-4-13-5-7-14(8-6-13)27-20-18(21)19(22-12-23-20)24-16-10-9-15(25-2)11-17(16)26-3/h5-12H,4,21H2,1-3H3,(H,22,23,24). The zero-order chi connectivity index (χ0) is 19.2. The fourth-order valence-corrected chi connectivity index (χ4v) is 2.49. The van der Waals surface area contributed by atoms with E-state index < -0.39 is 0 Å². The van der Waals surface area contributed by atoms with Gasteiger partial charge in [-0.25, -0.2) is 4.98 Å². The van der Waals surface area contributed by atoms with Crippen LogP contribution in [-0.4, -0.2) is 24.2 Å². The lowest BCUT2D eigenvalue weighted by Crippen LogP contribution is -2.04. The van der Waals surface area contributed by atoms with E-state index in [0.29, 0.717) is 34.4 Å². The van der Waals surface area contributed by atoms with E-state index in [1.54, 1.807) is 20.3 Å². The number of aryl methyl sites for hydroxylation is 1. The maximum absolute atomic E-state index is 6.20. The Morgan fingerprint density at radius 3 is 2.37 bits per heavy atom. The van der Waals surface area contributed by atoms with Gasteiger partial charge >= 0.3 is 0 Å². The van der Waals surface area contributed by atoms with Gasteiger partial charge in [-0.15, -0.1) is 0 Å². The van der Waals surface area contributed by atoms with Crippen molar-refractivity contribution in [3.8, 4) is 23.1 Å². The average Bonchev–Trinajstić information content (AvgIpc) is 2.71. The predicted molar refractivity (Wildman–Crippen MR) is 105 cm³/mol. The predicted octanol–water partition coefficient (Wildman–Crippen LogP) is 4.17. The first-order chi connectivity index (χ1) is 13.1. The maximum atomic E-state index is 6.20. The summed E-state index contributed by atoms with van der Waals surface area (Å²) in [6.45, 7) is 2.10. The zero-order valence-electron chi connectivity index (χ0n) is 15.5. The summed E-state index contributed by atoms with van der Waals surface area (Å²) >= 11 is 0. The molecular formula is C20H22N4O3. The molecule has 3 N–H and O–H groups in total. The van der Waals surface area contributed by atoms with Gasteiger partial charge in [-0.2, -0.15) is 4.98 Å². The highest BCUT2D eigenvalue weighted by Crippen LogP contribution is 2.35. The number of benzene rings is 2. The van der Waals surface area contributed by atoms with E-state index in [9.17, 15) is 0 Å². The van der Waals surface area contributed by atoms with E-state index >= 15 is 0 Å². The van der Waals surface area contributed by atoms with Gasteiger partial charge in [0.1, 0.15) is 29.3 Å². The molecule has 0 spiro atoms. The Labute approximate surface area is 158 Å². The number of aromatic nitrogens is 2. The second-order valence-electron chi connectivity index (χ2n) is 5.73. The minimum absolute atomic E-state index is 0.282. The molecule has 7 heteroatoms. The third-order valence-electron chi connectivity index (χ3n) is 4.06. The molecule has 3 rings (SSSR count). The molecule has 0 fully saturated rings. The molecule has 1 aromatic heterocycles. The molecule has 27 heavy (non-hydrogen) atoms. The number of hydrogen-bond donors (Lipinski definition) is 2. The van der Waals surface area contributed by atoms with E-state index in [-0.39, 0.29) is 5.88 Å². The molecular weight excluding hydrogens is 344 g/mol. The van der Waals surface area contributed by atoms with E-state index in [4.69, 9.17) is 19.9 Å². The number of methoxy groups -OCH3 is 2. The molecule has 0 aliphatic rings. The van der Waals surface area contributed by atoms with Crippen LogP contribution < -0.4 is 25.3 Å². The third kappa shape index (κ3) is 4.20. The van der Waals surface area contributed by atoms with Gasteiger partial charge < -0.3 is 25.3 Å². The summed E-state index contributed by atoms with van der Waals surface area (Å²) in [6.07, 6.45) is 2.36. The molecule has 140 valence electrons. The molecule has 2 aromatic carbocycles. The van der Waals surface area contributed by atoms with Crippen molar-refractivity contribution in [2.24, 2.45) is 0 Å². The minimum atomic E-state index is 0.282. The van der Waals surface area contributed by atoms with Crippen LogP contribution in [0.2, 0.25) is 0 Å². The summed E-state index contributed by atoms with van der Waals surface area (Å²) in [7, 11) is 3.18. The second-order valence-corrected chi connectivity index (χ2v) is 5.73. The van der Waals surface area contributed by atoms with Crippen molar-refractivity contribution >= 4 is 17.2 Å². The van der Waals surface area contributed by atoms with Crippen molar-refractivity contribution in [3.63, 3.8) is 0 Å². The first kappa shape index (κ1) is 18.3. The highest BCUT2D eigenvalue weighted by atomic mass is 16.5. The van der Waals surface area contributed by atoms with E-state index in [1.807, 2.05) is 36.4 Å². The molecule has 0 unspecified atom stereocenters. The number of nitrogens with one attached hydrogen (secondary N) is 1. The summed E-state index contributed by atoms with van der Waals surface area (Å²) in [4.78, 5) is 8.35. The van der Waals surface area contributed by atoms with Gasteiger partial charge in [0.2, 0.25) is 5.88 Å². The Bertz CT molecular complexity index is 914. The minimum Gasteiger partial charge on any atom is -0.497 e. The van der Waals surface area contributed by atoms with E-state index in [1.165, 1.54) is 11.9 Å². The average molecular weight is 366 g/mol. The summed E-state index contributed by atoms with van der Waals surface area (Å²) in [6, 6.07) is 13.2. The van der Waals surface area contributed by atoms with Crippen molar-refractivity contribution < 1.29 is 14.2 Å². The number of ether oxygens (including phenoxy) is 3. The highest BCUT2D eigenvalue weighted by molar-refractivity contribution is 5.75. The molecule has 3 aromatic rings. The zero-order valence-corrected chi connectivity index (χ0v) is 15.5.